The second kappa shape index (κ2) is 5.31. The van der Waals surface area contributed by atoms with Crippen LogP contribution in [0.1, 0.15) is 23.0 Å². The second-order valence-electron chi connectivity index (χ2n) is 4.22. The van der Waals surface area contributed by atoms with Crippen LogP contribution in [-0.2, 0) is 7.05 Å². The summed E-state index contributed by atoms with van der Waals surface area (Å²) in [6.07, 6.45) is 0. The summed E-state index contributed by atoms with van der Waals surface area (Å²) < 4.78 is 1.85. The van der Waals surface area contributed by atoms with Gasteiger partial charge < -0.3 is 5.32 Å². The van der Waals surface area contributed by atoms with Gasteiger partial charge in [0.15, 0.2) is 0 Å². The lowest BCUT2D eigenvalue weighted by Crippen LogP contribution is -2.18. The fourth-order valence-electron chi connectivity index (χ4n) is 1.93. The normalized spacial score (nSPS) is 12.7. The molecule has 0 aliphatic rings. The van der Waals surface area contributed by atoms with E-state index in [-0.39, 0.29) is 6.04 Å². The molecule has 1 heterocycles. The fourth-order valence-corrected chi connectivity index (χ4v) is 2.34. The predicted molar refractivity (Wildman–Crippen MR) is 75.3 cm³/mol. The van der Waals surface area contributed by atoms with E-state index in [0.717, 1.165) is 17.0 Å². The summed E-state index contributed by atoms with van der Waals surface area (Å²) >= 11 is 12.3. The first-order valence-electron chi connectivity index (χ1n) is 5.65. The minimum absolute atomic E-state index is 0.0592. The van der Waals surface area contributed by atoms with Crippen molar-refractivity contribution in [1.29, 1.82) is 0 Å². The number of hydrogen-bond donors (Lipinski definition) is 1. The molecule has 96 valence electrons. The van der Waals surface area contributed by atoms with Crippen LogP contribution in [0.15, 0.2) is 24.3 Å². The highest BCUT2D eigenvalue weighted by Crippen LogP contribution is 2.30. The molecule has 5 heteroatoms. The zero-order chi connectivity index (χ0) is 13.3. The number of nitrogens with zero attached hydrogens (tertiary/aromatic N) is 2. The predicted octanol–water partition coefficient (Wildman–Crippen LogP) is 3.34. The third-order valence-corrected chi connectivity index (χ3v) is 3.57. The summed E-state index contributed by atoms with van der Waals surface area (Å²) in [6.45, 7) is 2.02. The number of nitrogens with one attached hydrogen (secondary N) is 1. The molecule has 2 aromatic rings. The van der Waals surface area contributed by atoms with Gasteiger partial charge in [-0.2, -0.15) is 5.10 Å². The number of benzene rings is 1. The van der Waals surface area contributed by atoms with Crippen molar-refractivity contribution in [2.75, 3.05) is 7.05 Å². The highest BCUT2D eigenvalue weighted by molar-refractivity contribution is 6.33. The lowest BCUT2D eigenvalue weighted by molar-refractivity contribution is 0.638. The average molecular weight is 284 g/mol. The molecule has 1 aromatic heterocycles. The largest absolute Gasteiger partial charge is 0.308 e. The van der Waals surface area contributed by atoms with Crippen LogP contribution in [-0.4, -0.2) is 16.8 Å². The molecule has 0 fully saturated rings. The second-order valence-corrected chi connectivity index (χ2v) is 5.07. The SMILES string of the molecule is CNC(c1cc(C)n(C)n1)c1cc(Cl)ccc1Cl. The standard InChI is InChI=1S/C13H15Cl2N3/c1-8-6-12(17-18(8)3)13(16-2)10-7-9(14)4-5-11(10)15/h4-7,13,16H,1-3H3. The molecular formula is C13H15Cl2N3. The first kappa shape index (κ1) is 13.4. The molecule has 3 nitrogen and oxygen atoms in total. The van der Waals surface area contributed by atoms with Crippen LogP contribution < -0.4 is 5.32 Å². The van der Waals surface area contributed by atoms with Crippen LogP contribution in [0.25, 0.3) is 0 Å². The van der Waals surface area contributed by atoms with Gasteiger partial charge in [-0.15, -0.1) is 0 Å². The van der Waals surface area contributed by atoms with E-state index in [1.54, 1.807) is 12.1 Å². The van der Waals surface area contributed by atoms with Gasteiger partial charge in [-0.1, -0.05) is 23.2 Å². The van der Waals surface area contributed by atoms with Crippen LogP contribution in [0.5, 0.6) is 0 Å². The van der Waals surface area contributed by atoms with Crippen molar-refractivity contribution in [2.45, 2.75) is 13.0 Å². The Morgan fingerprint density at radius 2 is 2.00 bits per heavy atom. The van der Waals surface area contributed by atoms with Gasteiger partial charge in [0.25, 0.3) is 0 Å². The summed E-state index contributed by atoms with van der Waals surface area (Å²) in [7, 11) is 3.80. The molecule has 0 radical (unpaired) electrons. The van der Waals surface area contributed by atoms with Crippen molar-refractivity contribution in [2.24, 2.45) is 7.05 Å². The molecule has 0 aliphatic carbocycles. The number of hydrogen-bond acceptors (Lipinski definition) is 2. The minimum Gasteiger partial charge on any atom is -0.308 e. The maximum atomic E-state index is 6.23. The molecule has 0 spiro atoms. The van der Waals surface area contributed by atoms with Crippen LogP contribution in [0.4, 0.5) is 0 Å². The van der Waals surface area contributed by atoms with E-state index in [1.807, 2.05) is 37.8 Å². The molecule has 2 rings (SSSR count). The topological polar surface area (TPSA) is 29.9 Å². The Morgan fingerprint density at radius 3 is 2.56 bits per heavy atom. The van der Waals surface area contributed by atoms with Crippen molar-refractivity contribution >= 4 is 23.2 Å². The molecule has 0 bridgehead atoms. The molecule has 0 amide bonds. The van der Waals surface area contributed by atoms with Gasteiger partial charge in [0.2, 0.25) is 0 Å². The van der Waals surface area contributed by atoms with E-state index >= 15 is 0 Å². The van der Waals surface area contributed by atoms with Crippen LogP contribution in [0.2, 0.25) is 10.0 Å². The van der Waals surface area contributed by atoms with Crippen LogP contribution >= 0.6 is 23.2 Å². The van der Waals surface area contributed by atoms with Gasteiger partial charge in [-0.3, -0.25) is 4.68 Å². The van der Waals surface area contributed by atoms with Crippen LogP contribution in [0, 0.1) is 6.92 Å². The van der Waals surface area contributed by atoms with Crippen molar-refractivity contribution < 1.29 is 0 Å². The Bertz CT molecular complexity index is 544. The first-order chi connectivity index (χ1) is 8.52. The quantitative estimate of drug-likeness (QED) is 0.936. The highest BCUT2D eigenvalue weighted by Gasteiger charge is 2.18. The monoisotopic (exact) mass is 283 g/mol. The van der Waals surface area contributed by atoms with Gasteiger partial charge in [0.1, 0.15) is 0 Å². The summed E-state index contributed by atoms with van der Waals surface area (Å²) in [6, 6.07) is 7.44. The summed E-state index contributed by atoms with van der Waals surface area (Å²) in [5.74, 6) is 0. The third kappa shape index (κ3) is 2.53. The van der Waals surface area contributed by atoms with E-state index in [1.165, 1.54) is 0 Å². The minimum atomic E-state index is -0.0592. The molecule has 1 N–H and O–H groups in total. The molecule has 1 aromatic carbocycles. The molecule has 18 heavy (non-hydrogen) atoms. The Labute approximate surface area is 117 Å². The Kier molecular flexibility index (Phi) is 3.95. The molecule has 0 saturated heterocycles. The van der Waals surface area contributed by atoms with Gasteiger partial charge in [0.05, 0.1) is 11.7 Å². The van der Waals surface area contributed by atoms with Gasteiger partial charge in [-0.05, 0) is 43.8 Å². The van der Waals surface area contributed by atoms with Crippen molar-refractivity contribution in [3.63, 3.8) is 0 Å². The maximum Gasteiger partial charge on any atom is 0.0842 e. The van der Waals surface area contributed by atoms with Crippen molar-refractivity contribution in [3.8, 4) is 0 Å². The van der Waals surface area contributed by atoms with Crippen LogP contribution in [0.3, 0.4) is 0 Å². The Balaban J connectivity index is 2.48. The van der Waals surface area contributed by atoms with Gasteiger partial charge in [0, 0.05) is 22.8 Å². The van der Waals surface area contributed by atoms with E-state index in [0.29, 0.717) is 10.0 Å². The Morgan fingerprint density at radius 1 is 1.28 bits per heavy atom. The zero-order valence-corrected chi connectivity index (χ0v) is 12.0. The Hall–Kier alpha value is -1.03. The number of aryl methyl sites for hydroxylation is 2. The summed E-state index contributed by atoms with van der Waals surface area (Å²) in [5, 5.41) is 9.06. The van der Waals surface area contributed by atoms with Crippen molar-refractivity contribution in [1.82, 2.24) is 15.1 Å². The van der Waals surface area contributed by atoms with E-state index < -0.39 is 0 Å². The smallest absolute Gasteiger partial charge is 0.0842 e. The van der Waals surface area contributed by atoms with Gasteiger partial charge >= 0.3 is 0 Å². The molecule has 1 unspecified atom stereocenters. The van der Waals surface area contributed by atoms with E-state index in [2.05, 4.69) is 10.4 Å². The van der Waals surface area contributed by atoms with Gasteiger partial charge in [-0.25, -0.2) is 0 Å². The summed E-state index contributed by atoms with van der Waals surface area (Å²) in [5.41, 5.74) is 2.97. The highest BCUT2D eigenvalue weighted by atomic mass is 35.5. The molecule has 0 saturated carbocycles. The fraction of sp³-hybridized carbons (Fsp3) is 0.308. The first-order valence-corrected chi connectivity index (χ1v) is 6.41. The lowest BCUT2D eigenvalue weighted by Gasteiger charge is -2.16. The maximum absolute atomic E-state index is 6.23. The number of aromatic nitrogens is 2. The third-order valence-electron chi connectivity index (χ3n) is 2.99. The number of halogens is 2. The number of rotatable bonds is 3. The van der Waals surface area contributed by atoms with E-state index in [4.69, 9.17) is 23.2 Å². The lowest BCUT2D eigenvalue weighted by atomic mass is 10.0. The molecule has 1 atom stereocenters. The van der Waals surface area contributed by atoms with Crippen molar-refractivity contribution in [3.05, 3.63) is 51.3 Å². The van der Waals surface area contributed by atoms with E-state index in [9.17, 15) is 0 Å². The summed E-state index contributed by atoms with van der Waals surface area (Å²) in [4.78, 5) is 0. The molecular weight excluding hydrogens is 269 g/mol. The molecule has 0 aliphatic heterocycles. The average Bonchev–Trinajstić information content (AvgIpc) is 2.65. The zero-order valence-electron chi connectivity index (χ0n) is 10.5.